The lowest BCUT2D eigenvalue weighted by Gasteiger charge is -2.11. The van der Waals surface area contributed by atoms with Crippen LogP contribution >= 0.6 is 15.9 Å². The van der Waals surface area contributed by atoms with Gasteiger partial charge in [-0.1, -0.05) is 53.2 Å². The van der Waals surface area contributed by atoms with E-state index in [0.29, 0.717) is 10.0 Å². The van der Waals surface area contributed by atoms with Crippen LogP contribution in [0.2, 0.25) is 0 Å². The van der Waals surface area contributed by atoms with Gasteiger partial charge in [-0.25, -0.2) is 4.39 Å². The Morgan fingerprint density at radius 1 is 1.21 bits per heavy atom. The number of ketones is 1. The topological polar surface area (TPSA) is 17.1 Å². The second-order valence-electron chi connectivity index (χ2n) is 4.55. The van der Waals surface area contributed by atoms with Crippen LogP contribution in [0.1, 0.15) is 24.0 Å². The smallest absolute Gasteiger partial charge is 0.144 e. The van der Waals surface area contributed by atoms with Gasteiger partial charge in [-0.3, -0.25) is 4.79 Å². The zero-order valence-corrected chi connectivity index (χ0v) is 12.2. The van der Waals surface area contributed by atoms with Gasteiger partial charge in [0.2, 0.25) is 0 Å². The highest BCUT2D eigenvalue weighted by molar-refractivity contribution is 9.10. The third-order valence-corrected chi connectivity index (χ3v) is 3.54. The van der Waals surface area contributed by atoms with E-state index in [4.69, 9.17) is 0 Å². The average Bonchev–Trinajstić information content (AvgIpc) is 2.37. The molecule has 1 nitrogen and oxygen atoms in total. The quantitative estimate of drug-likeness (QED) is 0.810. The van der Waals surface area contributed by atoms with E-state index in [1.807, 2.05) is 37.3 Å². The first kappa shape index (κ1) is 13.9. The van der Waals surface area contributed by atoms with Gasteiger partial charge in [-0.2, -0.15) is 0 Å². The van der Waals surface area contributed by atoms with Crippen LogP contribution in [0.4, 0.5) is 4.39 Å². The Morgan fingerprint density at radius 3 is 2.53 bits per heavy atom. The highest BCUT2D eigenvalue weighted by Crippen LogP contribution is 2.20. The maximum Gasteiger partial charge on any atom is 0.144 e. The van der Waals surface area contributed by atoms with Crippen LogP contribution in [-0.4, -0.2) is 5.78 Å². The van der Waals surface area contributed by atoms with E-state index in [2.05, 4.69) is 15.9 Å². The molecule has 0 aromatic heterocycles. The molecule has 98 valence electrons. The first-order valence-electron chi connectivity index (χ1n) is 6.09. The van der Waals surface area contributed by atoms with Gasteiger partial charge < -0.3 is 0 Å². The van der Waals surface area contributed by atoms with E-state index >= 15 is 0 Å². The number of rotatable bonds is 4. The van der Waals surface area contributed by atoms with Crippen LogP contribution in [-0.2, 0) is 11.2 Å². The molecule has 0 radical (unpaired) electrons. The Hall–Kier alpha value is -1.48. The van der Waals surface area contributed by atoms with E-state index in [0.717, 1.165) is 5.56 Å². The van der Waals surface area contributed by atoms with E-state index in [-0.39, 0.29) is 23.9 Å². The molecule has 19 heavy (non-hydrogen) atoms. The third kappa shape index (κ3) is 3.74. The number of carbonyl (C=O) groups excluding carboxylic acids is 1. The maximum atomic E-state index is 13.3. The summed E-state index contributed by atoms with van der Waals surface area (Å²) in [6, 6.07) is 14.2. The number of halogens is 2. The van der Waals surface area contributed by atoms with Gasteiger partial charge in [-0.05, 0) is 29.3 Å². The summed E-state index contributed by atoms with van der Waals surface area (Å²) in [5, 5.41) is 0. The Kier molecular flexibility index (Phi) is 4.48. The SMILES string of the molecule is CC(C(=O)Cc1cc(F)cc(Br)c1)c1ccccc1. The van der Waals surface area contributed by atoms with Crippen molar-refractivity contribution < 1.29 is 9.18 Å². The maximum absolute atomic E-state index is 13.3. The molecule has 2 aromatic rings. The second-order valence-corrected chi connectivity index (χ2v) is 5.47. The van der Waals surface area contributed by atoms with Gasteiger partial charge in [-0.15, -0.1) is 0 Å². The van der Waals surface area contributed by atoms with E-state index in [1.165, 1.54) is 12.1 Å². The third-order valence-electron chi connectivity index (χ3n) is 3.08. The van der Waals surface area contributed by atoms with Crippen molar-refractivity contribution in [3.05, 3.63) is 69.9 Å². The molecule has 2 rings (SSSR count). The summed E-state index contributed by atoms with van der Waals surface area (Å²) < 4.78 is 13.9. The number of hydrogen-bond donors (Lipinski definition) is 0. The molecule has 0 amide bonds. The lowest BCUT2D eigenvalue weighted by molar-refractivity contribution is -0.119. The normalized spacial score (nSPS) is 12.2. The van der Waals surface area contributed by atoms with Gasteiger partial charge in [0.15, 0.2) is 0 Å². The van der Waals surface area contributed by atoms with Gasteiger partial charge in [0, 0.05) is 16.8 Å². The minimum absolute atomic E-state index is 0.0868. The molecule has 2 aromatic carbocycles. The van der Waals surface area contributed by atoms with Crippen molar-refractivity contribution in [2.45, 2.75) is 19.3 Å². The van der Waals surface area contributed by atoms with E-state index < -0.39 is 0 Å². The van der Waals surface area contributed by atoms with Crippen molar-refractivity contribution in [2.24, 2.45) is 0 Å². The molecule has 0 aliphatic rings. The Morgan fingerprint density at radius 2 is 1.89 bits per heavy atom. The molecule has 0 heterocycles. The molecule has 0 N–H and O–H groups in total. The number of hydrogen-bond acceptors (Lipinski definition) is 1. The molecule has 0 bridgehead atoms. The van der Waals surface area contributed by atoms with Crippen molar-refractivity contribution in [1.29, 1.82) is 0 Å². The standard InChI is InChI=1S/C16H14BrFO/c1-11(13-5-3-2-4-6-13)16(19)9-12-7-14(17)10-15(18)8-12/h2-8,10-11H,9H2,1H3. The molecular weight excluding hydrogens is 307 g/mol. The zero-order chi connectivity index (χ0) is 13.8. The van der Waals surface area contributed by atoms with Crippen molar-refractivity contribution in [3.63, 3.8) is 0 Å². The highest BCUT2D eigenvalue weighted by Gasteiger charge is 2.15. The molecule has 0 spiro atoms. The highest BCUT2D eigenvalue weighted by atomic mass is 79.9. The fourth-order valence-electron chi connectivity index (χ4n) is 1.99. The van der Waals surface area contributed by atoms with Crippen LogP contribution in [0.15, 0.2) is 53.0 Å². The largest absolute Gasteiger partial charge is 0.299 e. The van der Waals surface area contributed by atoms with E-state index in [1.54, 1.807) is 6.07 Å². The number of carbonyl (C=O) groups is 1. The molecule has 0 saturated heterocycles. The van der Waals surface area contributed by atoms with Gasteiger partial charge >= 0.3 is 0 Å². The lowest BCUT2D eigenvalue weighted by atomic mass is 9.93. The van der Waals surface area contributed by atoms with Crippen LogP contribution in [0.3, 0.4) is 0 Å². The summed E-state index contributed by atoms with van der Waals surface area (Å²) in [4.78, 5) is 12.2. The Bertz CT molecular complexity index is 560. The minimum Gasteiger partial charge on any atom is -0.299 e. The second kappa shape index (κ2) is 6.11. The molecular formula is C16H14BrFO. The number of Topliss-reactive ketones (excluding diaryl/α,β-unsaturated/α-hetero) is 1. The molecule has 0 fully saturated rings. The van der Waals surface area contributed by atoms with Crippen LogP contribution in [0.25, 0.3) is 0 Å². The Labute approximate surface area is 120 Å². The van der Waals surface area contributed by atoms with Crippen molar-refractivity contribution in [2.75, 3.05) is 0 Å². The summed E-state index contributed by atoms with van der Waals surface area (Å²) in [5.74, 6) is -0.420. The van der Waals surface area contributed by atoms with Crippen LogP contribution < -0.4 is 0 Å². The fourth-order valence-corrected chi connectivity index (χ4v) is 2.51. The molecule has 0 saturated carbocycles. The van der Waals surface area contributed by atoms with Gasteiger partial charge in [0.1, 0.15) is 11.6 Å². The average molecular weight is 321 g/mol. The van der Waals surface area contributed by atoms with Gasteiger partial charge in [0.25, 0.3) is 0 Å². The van der Waals surface area contributed by atoms with E-state index in [9.17, 15) is 9.18 Å². The number of benzene rings is 2. The first-order valence-corrected chi connectivity index (χ1v) is 6.88. The van der Waals surface area contributed by atoms with Crippen molar-refractivity contribution in [1.82, 2.24) is 0 Å². The monoisotopic (exact) mass is 320 g/mol. The fraction of sp³-hybridized carbons (Fsp3) is 0.188. The Balaban J connectivity index is 2.13. The predicted molar refractivity (Wildman–Crippen MR) is 77.7 cm³/mol. The van der Waals surface area contributed by atoms with Crippen LogP contribution in [0, 0.1) is 5.82 Å². The summed E-state index contributed by atoms with van der Waals surface area (Å²) in [7, 11) is 0. The lowest BCUT2D eigenvalue weighted by Crippen LogP contribution is -2.12. The van der Waals surface area contributed by atoms with Crippen LogP contribution in [0.5, 0.6) is 0 Å². The first-order chi connectivity index (χ1) is 9.06. The predicted octanol–water partition coefficient (Wildman–Crippen LogP) is 4.50. The molecule has 1 atom stereocenters. The molecule has 1 unspecified atom stereocenters. The zero-order valence-electron chi connectivity index (χ0n) is 10.6. The van der Waals surface area contributed by atoms with Gasteiger partial charge in [0.05, 0.1) is 0 Å². The van der Waals surface area contributed by atoms with Crippen molar-refractivity contribution >= 4 is 21.7 Å². The minimum atomic E-state index is -0.329. The summed E-state index contributed by atoms with van der Waals surface area (Å²) >= 11 is 3.23. The summed E-state index contributed by atoms with van der Waals surface area (Å²) in [5.41, 5.74) is 1.68. The summed E-state index contributed by atoms with van der Waals surface area (Å²) in [6.45, 7) is 1.88. The summed E-state index contributed by atoms with van der Waals surface area (Å²) in [6.07, 6.45) is 0.242. The molecule has 0 aliphatic heterocycles. The van der Waals surface area contributed by atoms with Crippen molar-refractivity contribution in [3.8, 4) is 0 Å². The molecule has 0 aliphatic carbocycles. The molecule has 3 heteroatoms.